The van der Waals surface area contributed by atoms with Crippen molar-refractivity contribution in [2.45, 2.75) is 25.8 Å². The molecule has 96 valence electrons. The SMILES string of the molecule is CCC(CCO)Nc1cccc(C#N)c1[N+](=O)[O-]. The molecule has 0 heterocycles. The minimum atomic E-state index is -0.563. The minimum Gasteiger partial charge on any atom is -0.396 e. The molecule has 0 saturated carbocycles. The second-order valence-electron chi connectivity index (χ2n) is 3.83. The van der Waals surface area contributed by atoms with Gasteiger partial charge in [0.25, 0.3) is 0 Å². The van der Waals surface area contributed by atoms with Crippen LogP contribution in [0.2, 0.25) is 0 Å². The molecule has 0 aromatic heterocycles. The molecule has 1 atom stereocenters. The van der Waals surface area contributed by atoms with Gasteiger partial charge in [0, 0.05) is 12.6 Å². The number of hydrogen-bond donors (Lipinski definition) is 2. The van der Waals surface area contributed by atoms with Gasteiger partial charge in [-0.2, -0.15) is 5.26 Å². The van der Waals surface area contributed by atoms with E-state index in [0.717, 1.165) is 6.42 Å². The van der Waals surface area contributed by atoms with Gasteiger partial charge in [0.2, 0.25) is 0 Å². The van der Waals surface area contributed by atoms with Gasteiger partial charge in [-0.05, 0) is 25.0 Å². The number of nitro benzene ring substituents is 1. The summed E-state index contributed by atoms with van der Waals surface area (Å²) in [5.41, 5.74) is 0.139. The molecule has 1 rings (SSSR count). The van der Waals surface area contributed by atoms with Gasteiger partial charge in [-0.3, -0.25) is 10.1 Å². The van der Waals surface area contributed by atoms with Gasteiger partial charge in [0.1, 0.15) is 17.3 Å². The molecule has 2 N–H and O–H groups in total. The molecule has 0 radical (unpaired) electrons. The number of para-hydroxylation sites is 1. The molecular formula is C12H15N3O3. The van der Waals surface area contributed by atoms with Crippen LogP contribution >= 0.6 is 0 Å². The first-order chi connectivity index (χ1) is 8.63. The minimum absolute atomic E-state index is 0.0112. The van der Waals surface area contributed by atoms with Crippen LogP contribution in [0.4, 0.5) is 11.4 Å². The Morgan fingerprint density at radius 1 is 1.61 bits per heavy atom. The summed E-state index contributed by atoms with van der Waals surface area (Å²) in [4.78, 5) is 10.4. The summed E-state index contributed by atoms with van der Waals surface area (Å²) < 4.78 is 0. The monoisotopic (exact) mass is 249 g/mol. The molecule has 18 heavy (non-hydrogen) atoms. The predicted molar refractivity (Wildman–Crippen MR) is 67.2 cm³/mol. The molecule has 1 aromatic rings. The molecule has 1 unspecified atom stereocenters. The maximum absolute atomic E-state index is 11.0. The molecule has 0 aliphatic heterocycles. The zero-order chi connectivity index (χ0) is 13.5. The van der Waals surface area contributed by atoms with Gasteiger partial charge >= 0.3 is 5.69 Å². The van der Waals surface area contributed by atoms with Crippen LogP contribution in [-0.4, -0.2) is 22.7 Å². The Bertz CT molecular complexity index is 468. The van der Waals surface area contributed by atoms with Crippen LogP contribution in [-0.2, 0) is 0 Å². The fourth-order valence-corrected chi connectivity index (χ4v) is 1.70. The highest BCUT2D eigenvalue weighted by Crippen LogP contribution is 2.29. The van der Waals surface area contributed by atoms with E-state index in [1.165, 1.54) is 6.07 Å². The van der Waals surface area contributed by atoms with Crippen LogP contribution in [0.1, 0.15) is 25.3 Å². The molecule has 0 amide bonds. The zero-order valence-electron chi connectivity index (χ0n) is 10.1. The third-order valence-electron chi connectivity index (χ3n) is 2.67. The summed E-state index contributed by atoms with van der Waals surface area (Å²) in [5.74, 6) is 0. The Labute approximate surface area is 105 Å². The lowest BCUT2D eigenvalue weighted by molar-refractivity contribution is -0.384. The lowest BCUT2D eigenvalue weighted by Crippen LogP contribution is -2.20. The van der Waals surface area contributed by atoms with E-state index in [0.29, 0.717) is 12.1 Å². The largest absolute Gasteiger partial charge is 0.396 e. The van der Waals surface area contributed by atoms with Crippen LogP contribution < -0.4 is 5.32 Å². The summed E-state index contributed by atoms with van der Waals surface area (Å²) in [6, 6.07) is 6.33. The van der Waals surface area contributed by atoms with Crippen LogP contribution in [0.5, 0.6) is 0 Å². The zero-order valence-corrected chi connectivity index (χ0v) is 10.1. The van der Waals surface area contributed by atoms with E-state index in [1.807, 2.05) is 13.0 Å². The first kappa shape index (κ1) is 13.9. The van der Waals surface area contributed by atoms with Crippen molar-refractivity contribution in [2.24, 2.45) is 0 Å². The second-order valence-corrected chi connectivity index (χ2v) is 3.83. The van der Waals surface area contributed by atoms with E-state index in [4.69, 9.17) is 10.4 Å². The number of nitriles is 1. The summed E-state index contributed by atoms with van der Waals surface area (Å²) in [7, 11) is 0. The number of nitro groups is 1. The van der Waals surface area contributed by atoms with Crippen molar-refractivity contribution in [2.75, 3.05) is 11.9 Å². The van der Waals surface area contributed by atoms with E-state index in [2.05, 4.69) is 5.32 Å². The normalized spacial score (nSPS) is 11.6. The first-order valence-electron chi connectivity index (χ1n) is 5.68. The first-order valence-corrected chi connectivity index (χ1v) is 5.68. The maximum atomic E-state index is 11.0. The average molecular weight is 249 g/mol. The van der Waals surface area contributed by atoms with Crippen molar-refractivity contribution in [3.8, 4) is 6.07 Å². The number of nitrogens with zero attached hydrogens (tertiary/aromatic N) is 2. The van der Waals surface area contributed by atoms with Crippen molar-refractivity contribution < 1.29 is 10.0 Å². The van der Waals surface area contributed by atoms with Gasteiger partial charge < -0.3 is 10.4 Å². The lowest BCUT2D eigenvalue weighted by atomic mass is 10.1. The van der Waals surface area contributed by atoms with E-state index in [9.17, 15) is 10.1 Å². The highest BCUT2D eigenvalue weighted by Gasteiger charge is 2.20. The highest BCUT2D eigenvalue weighted by atomic mass is 16.6. The standard InChI is InChI=1S/C12H15N3O3/c1-2-10(6-7-16)14-11-5-3-4-9(8-13)12(11)15(17)18/h3-5,10,14,16H,2,6-7H2,1H3. The molecule has 0 fully saturated rings. The fraction of sp³-hybridized carbons (Fsp3) is 0.417. The predicted octanol–water partition coefficient (Wildman–Crippen LogP) is 2.04. The van der Waals surface area contributed by atoms with Crippen LogP contribution in [0.15, 0.2) is 18.2 Å². The second kappa shape index (κ2) is 6.57. The van der Waals surface area contributed by atoms with Crippen molar-refractivity contribution in [3.63, 3.8) is 0 Å². The summed E-state index contributed by atoms with van der Waals surface area (Å²) in [5, 5.41) is 31.8. The average Bonchev–Trinajstić information content (AvgIpc) is 2.37. The van der Waals surface area contributed by atoms with Crippen LogP contribution in [0.3, 0.4) is 0 Å². The molecule has 6 nitrogen and oxygen atoms in total. The molecular weight excluding hydrogens is 234 g/mol. The molecule has 0 saturated heterocycles. The molecule has 0 bridgehead atoms. The van der Waals surface area contributed by atoms with Crippen molar-refractivity contribution >= 4 is 11.4 Å². The summed E-state index contributed by atoms with van der Waals surface area (Å²) in [6.07, 6.45) is 1.24. The topological polar surface area (TPSA) is 99.2 Å². The van der Waals surface area contributed by atoms with Crippen molar-refractivity contribution in [1.82, 2.24) is 0 Å². The van der Waals surface area contributed by atoms with E-state index < -0.39 is 4.92 Å². The van der Waals surface area contributed by atoms with Crippen molar-refractivity contribution in [1.29, 1.82) is 5.26 Å². The fourth-order valence-electron chi connectivity index (χ4n) is 1.70. The van der Waals surface area contributed by atoms with Gasteiger partial charge in [-0.25, -0.2) is 0 Å². The Hall–Kier alpha value is -2.13. The van der Waals surface area contributed by atoms with Crippen molar-refractivity contribution in [3.05, 3.63) is 33.9 Å². The Kier molecular flexibility index (Phi) is 5.08. The molecule has 0 spiro atoms. The number of aliphatic hydroxyl groups is 1. The smallest absolute Gasteiger partial charge is 0.309 e. The number of rotatable bonds is 6. The Morgan fingerprint density at radius 3 is 2.83 bits per heavy atom. The number of nitrogens with one attached hydrogen (secondary N) is 1. The molecule has 0 aliphatic carbocycles. The number of benzene rings is 1. The molecule has 1 aromatic carbocycles. The maximum Gasteiger partial charge on any atom is 0.309 e. The highest BCUT2D eigenvalue weighted by molar-refractivity contribution is 5.68. The number of hydrogen-bond acceptors (Lipinski definition) is 5. The van der Waals surface area contributed by atoms with Gasteiger partial charge in [-0.1, -0.05) is 13.0 Å². The Balaban J connectivity index is 3.08. The summed E-state index contributed by atoms with van der Waals surface area (Å²) in [6.45, 7) is 1.94. The lowest BCUT2D eigenvalue weighted by Gasteiger charge is -2.17. The van der Waals surface area contributed by atoms with Gasteiger partial charge in [-0.15, -0.1) is 0 Å². The van der Waals surface area contributed by atoms with E-state index in [-0.39, 0.29) is 23.9 Å². The third kappa shape index (κ3) is 3.18. The summed E-state index contributed by atoms with van der Waals surface area (Å²) >= 11 is 0. The third-order valence-corrected chi connectivity index (χ3v) is 2.67. The van der Waals surface area contributed by atoms with Gasteiger partial charge in [0.05, 0.1) is 4.92 Å². The molecule has 6 heteroatoms. The number of aliphatic hydroxyl groups excluding tert-OH is 1. The number of anilines is 1. The van der Waals surface area contributed by atoms with E-state index in [1.54, 1.807) is 12.1 Å². The quantitative estimate of drug-likeness (QED) is 0.593. The van der Waals surface area contributed by atoms with Crippen LogP contribution in [0.25, 0.3) is 0 Å². The molecule has 0 aliphatic rings. The Morgan fingerprint density at radius 2 is 2.33 bits per heavy atom. The van der Waals surface area contributed by atoms with E-state index >= 15 is 0 Å². The van der Waals surface area contributed by atoms with Gasteiger partial charge in [0.15, 0.2) is 0 Å². The van der Waals surface area contributed by atoms with Crippen LogP contribution in [0, 0.1) is 21.4 Å².